The minimum absolute atomic E-state index is 0.232. The summed E-state index contributed by atoms with van der Waals surface area (Å²) >= 11 is 12.3. The standard InChI is InChI=1S/C28H25Cl2N5O3/c1-16-6-4-5-7-22(16)34-27(36)25-17(2)33-28-31-15-32-35(28)26(25)18-9-11-23(24(12-18)37-3)38-14-19-8-10-20(29)13-21(19)30/h4-13,15,26H,14H2,1-3H3,(H,34,36)(H,31,32,33)/t26-/m0/s1. The lowest BCUT2D eigenvalue weighted by Crippen LogP contribution is -2.31. The quantitative estimate of drug-likeness (QED) is 0.277. The number of allylic oxidation sites excluding steroid dienone is 1. The number of ether oxygens (including phenoxy) is 2. The Labute approximate surface area is 230 Å². The third kappa shape index (κ3) is 5.05. The van der Waals surface area contributed by atoms with Crippen LogP contribution >= 0.6 is 23.2 Å². The van der Waals surface area contributed by atoms with Crippen LogP contribution in [0.1, 0.15) is 29.7 Å². The first-order valence-electron chi connectivity index (χ1n) is 11.8. The van der Waals surface area contributed by atoms with E-state index in [4.69, 9.17) is 32.7 Å². The molecule has 1 atom stereocenters. The van der Waals surface area contributed by atoms with Crippen molar-refractivity contribution in [1.29, 1.82) is 0 Å². The van der Waals surface area contributed by atoms with Crippen LogP contribution in [0.25, 0.3) is 0 Å². The zero-order valence-electron chi connectivity index (χ0n) is 21.0. The van der Waals surface area contributed by atoms with E-state index in [-0.39, 0.29) is 12.5 Å². The first kappa shape index (κ1) is 25.6. The number of rotatable bonds is 7. The summed E-state index contributed by atoms with van der Waals surface area (Å²) in [5.41, 5.74) is 4.46. The van der Waals surface area contributed by atoms with Crippen LogP contribution in [0.3, 0.4) is 0 Å². The van der Waals surface area contributed by atoms with Crippen LogP contribution in [0.5, 0.6) is 11.5 Å². The van der Waals surface area contributed by atoms with E-state index in [9.17, 15) is 4.79 Å². The molecular weight excluding hydrogens is 525 g/mol. The van der Waals surface area contributed by atoms with Gasteiger partial charge in [-0.3, -0.25) is 4.79 Å². The van der Waals surface area contributed by atoms with Crippen LogP contribution in [0.2, 0.25) is 10.0 Å². The van der Waals surface area contributed by atoms with Gasteiger partial charge in [-0.2, -0.15) is 10.1 Å². The Hall–Kier alpha value is -4.01. The highest BCUT2D eigenvalue weighted by molar-refractivity contribution is 6.35. The number of nitrogens with one attached hydrogen (secondary N) is 2. The van der Waals surface area contributed by atoms with Crippen molar-refractivity contribution in [3.8, 4) is 11.5 Å². The lowest BCUT2D eigenvalue weighted by Gasteiger charge is -2.29. The average molecular weight is 550 g/mol. The van der Waals surface area contributed by atoms with Gasteiger partial charge in [0.05, 0.1) is 12.7 Å². The highest BCUT2D eigenvalue weighted by atomic mass is 35.5. The van der Waals surface area contributed by atoms with Gasteiger partial charge < -0.3 is 20.1 Å². The Bertz CT molecular complexity index is 1550. The van der Waals surface area contributed by atoms with E-state index >= 15 is 0 Å². The van der Waals surface area contributed by atoms with E-state index in [1.54, 1.807) is 23.9 Å². The van der Waals surface area contributed by atoms with E-state index in [1.165, 1.54) is 6.33 Å². The number of amides is 1. The van der Waals surface area contributed by atoms with Gasteiger partial charge in [-0.15, -0.1) is 0 Å². The molecule has 4 aromatic rings. The average Bonchev–Trinajstić information content (AvgIpc) is 3.36. The molecule has 1 amide bonds. The van der Waals surface area contributed by atoms with Crippen LogP contribution in [0.4, 0.5) is 11.6 Å². The SMILES string of the molecule is COc1cc([C@H]2C(C(=O)Nc3ccccc3C)=C(C)Nc3ncnn32)ccc1OCc1ccc(Cl)cc1Cl. The predicted octanol–water partition coefficient (Wildman–Crippen LogP) is 6.41. The number of carbonyl (C=O) groups excluding carboxylic acids is 1. The summed E-state index contributed by atoms with van der Waals surface area (Å²) in [7, 11) is 1.57. The van der Waals surface area contributed by atoms with E-state index in [2.05, 4.69) is 20.7 Å². The fourth-order valence-electron chi connectivity index (χ4n) is 4.36. The van der Waals surface area contributed by atoms with Gasteiger partial charge in [0.25, 0.3) is 5.91 Å². The number of carbonyl (C=O) groups is 1. The van der Waals surface area contributed by atoms with E-state index in [0.29, 0.717) is 38.8 Å². The lowest BCUT2D eigenvalue weighted by molar-refractivity contribution is -0.113. The summed E-state index contributed by atoms with van der Waals surface area (Å²) in [6.07, 6.45) is 1.45. The summed E-state index contributed by atoms with van der Waals surface area (Å²) in [5.74, 6) is 1.33. The number of benzene rings is 3. The summed E-state index contributed by atoms with van der Waals surface area (Å²) in [6, 6.07) is 17.9. The zero-order chi connectivity index (χ0) is 26.8. The molecule has 38 heavy (non-hydrogen) atoms. The minimum atomic E-state index is -0.550. The van der Waals surface area contributed by atoms with Crippen molar-refractivity contribution in [3.05, 3.63) is 105 Å². The molecule has 0 saturated carbocycles. The van der Waals surface area contributed by atoms with Crippen molar-refractivity contribution in [3.63, 3.8) is 0 Å². The summed E-state index contributed by atoms with van der Waals surface area (Å²) in [4.78, 5) is 17.9. The smallest absolute Gasteiger partial charge is 0.255 e. The van der Waals surface area contributed by atoms with Gasteiger partial charge in [0, 0.05) is 27.0 Å². The molecule has 0 spiro atoms. The highest BCUT2D eigenvalue weighted by Gasteiger charge is 2.34. The van der Waals surface area contributed by atoms with Crippen molar-refractivity contribution in [2.75, 3.05) is 17.7 Å². The Balaban J connectivity index is 1.48. The number of hydrogen-bond donors (Lipinski definition) is 2. The van der Waals surface area contributed by atoms with Crippen molar-refractivity contribution in [1.82, 2.24) is 14.8 Å². The molecule has 0 radical (unpaired) electrons. The molecule has 1 aliphatic heterocycles. The van der Waals surface area contributed by atoms with Crippen LogP contribution in [0, 0.1) is 6.92 Å². The maximum absolute atomic E-state index is 13.6. The second kappa shape index (κ2) is 10.8. The Morgan fingerprint density at radius 3 is 2.66 bits per heavy atom. The van der Waals surface area contributed by atoms with Crippen molar-refractivity contribution in [2.24, 2.45) is 0 Å². The van der Waals surface area contributed by atoms with Crippen LogP contribution < -0.4 is 20.1 Å². The second-order valence-electron chi connectivity index (χ2n) is 8.80. The molecule has 5 rings (SSSR count). The minimum Gasteiger partial charge on any atom is -0.493 e. The molecule has 194 valence electrons. The first-order valence-corrected chi connectivity index (χ1v) is 12.6. The van der Waals surface area contributed by atoms with Gasteiger partial charge in [0.15, 0.2) is 11.5 Å². The largest absolute Gasteiger partial charge is 0.493 e. The molecule has 0 fully saturated rings. The number of hydrogen-bond acceptors (Lipinski definition) is 6. The number of aromatic nitrogens is 3. The van der Waals surface area contributed by atoms with Gasteiger partial charge in [-0.1, -0.05) is 53.5 Å². The molecule has 10 heteroatoms. The molecule has 0 aliphatic carbocycles. The number of methoxy groups -OCH3 is 1. The zero-order valence-corrected chi connectivity index (χ0v) is 22.5. The number of para-hydroxylation sites is 1. The van der Waals surface area contributed by atoms with Gasteiger partial charge in [0.2, 0.25) is 5.95 Å². The van der Waals surface area contributed by atoms with Crippen LogP contribution in [-0.4, -0.2) is 27.8 Å². The molecular formula is C28H25Cl2N5O3. The molecule has 1 aromatic heterocycles. The fraction of sp³-hybridized carbons (Fsp3) is 0.179. The molecule has 8 nitrogen and oxygen atoms in total. The van der Waals surface area contributed by atoms with Gasteiger partial charge >= 0.3 is 0 Å². The van der Waals surface area contributed by atoms with Crippen LogP contribution in [0.15, 0.2) is 78.3 Å². The number of fused-ring (bicyclic) bond motifs is 1. The molecule has 0 saturated heterocycles. The van der Waals surface area contributed by atoms with Crippen LogP contribution in [-0.2, 0) is 11.4 Å². The van der Waals surface area contributed by atoms with Crippen molar-refractivity contribution < 1.29 is 14.3 Å². The third-order valence-corrected chi connectivity index (χ3v) is 6.92. The summed E-state index contributed by atoms with van der Waals surface area (Å²) < 4.78 is 13.4. The maximum atomic E-state index is 13.6. The fourth-order valence-corrected chi connectivity index (χ4v) is 4.83. The van der Waals surface area contributed by atoms with Gasteiger partial charge in [-0.25, -0.2) is 4.68 Å². The van der Waals surface area contributed by atoms with Gasteiger partial charge in [0.1, 0.15) is 19.0 Å². The van der Waals surface area contributed by atoms with Crippen molar-refractivity contribution >= 4 is 40.7 Å². The Morgan fingerprint density at radius 2 is 1.89 bits per heavy atom. The third-order valence-electron chi connectivity index (χ3n) is 6.33. The topological polar surface area (TPSA) is 90.3 Å². The van der Waals surface area contributed by atoms with E-state index < -0.39 is 6.04 Å². The van der Waals surface area contributed by atoms with Crippen molar-refractivity contribution in [2.45, 2.75) is 26.5 Å². The molecule has 1 aliphatic rings. The molecule has 2 heterocycles. The number of nitrogens with zero attached hydrogens (tertiary/aromatic N) is 3. The second-order valence-corrected chi connectivity index (χ2v) is 9.64. The Kier molecular flexibility index (Phi) is 7.26. The highest BCUT2D eigenvalue weighted by Crippen LogP contribution is 2.39. The first-order chi connectivity index (χ1) is 18.4. The van der Waals surface area contributed by atoms with E-state index in [0.717, 1.165) is 22.4 Å². The maximum Gasteiger partial charge on any atom is 0.255 e. The number of halogens is 2. The van der Waals surface area contributed by atoms with Gasteiger partial charge in [-0.05, 0) is 55.3 Å². The predicted molar refractivity (Wildman–Crippen MR) is 148 cm³/mol. The Morgan fingerprint density at radius 1 is 1.08 bits per heavy atom. The normalized spacial score (nSPS) is 14.5. The number of aryl methyl sites for hydroxylation is 1. The molecule has 0 unspecified atom stereocenters. The lowest BCUT2D eigenvalue weighted by atomic mass is 9.94. The van der Waals surface area contributed by atoms with E-state index in [1.807, 2.05) is 62.4 Å². The number of anilines is 2. The summed E-state index contributed by atoms with van der Waals surface area (Å²) in [6.45, 7) is 4.03. The summed E-state index contributed by atoms with van der Waals surface area (Å²) in [5, 5.41) is 11.7. The monoisotopic (exact) mass is 549 g/mol. The molecule has 2 N–H and O–H groups in total. The molecule has 0 bridgehead atoms. The molecule has 3 aromatic carbocycles.